The second-order valence-electron chi connectivity index (χ2n) is 9.94. The van der Waals surface area contributed by atoms with Crippen molar-refractivity contribution in [3.8, 4) is 47.4 Å². The number of esters is 4. The van der Waals surface area contributed by atoms with Crippen LogP contribution in [-0.4, -0.2) is 52.3 Å². The number of benzene rings is 4. The number of ether oxygens (including phenoxy) is 4. The zero-order valence-corrected chi connectivity index (χ0v) is 26.2. The van der Waals surface area contributed by atoms with Crippen LogP contribution in [0.15, 0.2) is 72.8 Å². The van der Waals surface area contributed by atoms with Gasteiger partial charge in [-0.1, -0.05) is 71.6 Å². The fraction of sp³-hybridized carbons (Fsp3) is 0.100. The average molecular weight is 633 g/mol. The minimum atomic E-state index is -0.743. The minimum absolute atomic E-state index is 0.0303. The van der Waals surface area contributed by atoms with Gasteiger partial charge in [0.1, 0.15) is 0 Å². The second-order valence-corrected chi connectivity index (χ2v) is 9.94. The molecular weight excluding hydrogens is 608 g/mol. The van der Waals surface area contributed by atoms with Gasteiger partial charge in [-0.3, -0.25) is 0 Å². The highest BCUT2D eigenvalue weighted by atomic mass is 16.5. The van der Waals surface area contributed by atoms with Gasteiger partial charge in [0.2, 0.25) is 0 Å². The van der Waals surface area contributed by atoms with Gasteiger partial charge in [-0.15, -0.1) is 0 Å². The fourth-order valence-electron chi connectivity index (χ4n) is 4.67. The molecule has 0 saturated carbocycles. The number of hydrogen-bond donors (Lipinski definition) is 0. The van der Waals surface area contributed by atoms with E-state index in [2.05, 4.69) is 47.4 Å². The van der Waals surface area contributed by atoms with Crippen molar-refractivity contribution in [1.29, 1.82) is 0 Å². The van der Waals surface area contributed by atoms with Gasteiger partial charge in [0.05, 0.1) is 50.7 Å². The van der Waals surface area contributed by atoms with E-state index in [-0.39, 0.29) is 22.3 Å². The molecule has 0 radical (unpaired) electrons. The van der Waals surface area contributed by atoms with Crippen molar-refractivity contribution in [3.63, 3.8) is 0 Å². The van der Waals surface area contributed by atoms with Gasteiger partial charge in [0.25, 0.3) is 0 Å². The Balaban J connectivity index is 1.85. The van der Waals surface area contributed by atoms with Gasteiger partial charge in [-0.2, -0.15) is 0 Å². The Morgan fingerprint density at radius 1 is 0.354 bits per heavy atom. The van der Waals surface area contributed by atoms with Crippen LogP contribution in [0.5, 0.6) is 0 Å². The molecule has 1 aliphatic carbocycles. The molecule has 4 aromatic rings. The number of rotatable bonds is 4. The highest BCUT2D eigenvalue weighted by molar-refractivity contribution is 6.04. The molecule has 1 aliphatic rings. The van der Waals surface area contributed by atoms with Crippen LogP contribution in [0.3, 0.4) is 0 Å². The monoisotopic (exact) mass is 632 g/mol. The third kappa shape index (κ3) is 6.80. The maximum Gasteiger partial charge on any atom is 0.338 e. The molecule has 0 bridgehead atoms. The predicted octanol–water partition coefficient (Wildman–Crippen LogP) is 4.75. The van der Waals surface area contributed by atoms with Crippen LogP contribution >= 0.6 is 0 Å². The van der Waals surface area contributed by atoms with Crippen LogP contribution < -0.4 is 0 Å². The van der Waals surface area contributed by atoms with E-state index in [1.165, 1.54) is 52.7 Å². The van der Waals surface area contributed by atoms with E-state index in [1.807, 2.05) is 0 Å². The molecule has 0 unspecified atom stereocenters. The topological polar surface area (TPSA) is 105 Å². The Morgan fingerprint density at radius 3 is 0.729 bits per heavy atom. The summed E-state index contributed by atoms with van der Waals surface area (Å²) in [5.74, 6) is 21.8. The second kappa shape index (κ2) is 14.4. The van der Waals surface area contributed by atoms with E-state index in [0.29, 0.717) is 44.5 Å². The van der Waals surface area contributed by atoms with Crippen molar-refractivity contribution in [2.45, 2.75) is 0 Å². The lowest BCUT2D eigenvalue weighted by atomic mass is 9.96. The Kier molecular flexibility index (Phi) is 9.72. The van der Waals surface area contributed by atoms with Crippen molar-refractivity contribution in [2.75, 3.05) is 28.4 Å². The Morgan fingerprint density at radius 2 is 0.542 bits per heavy atom. The van der Waals surface area contributed by atoms with E-state index in [9.17, 15) is 19.2 Å². The molecule has 0 aromatic heterocycles. The molecule has 232 valence electrons. The molecule has 8 nitrogen and oxygen atoms in total. The summed E-state index contributed by atoms with van der Waals surface area (Å²) in [6, 6.07) is 20.0. The quantitative estimate of drug-likeness (QED) is 0.159. The van der Waals surface area contributed by atoms with Crippen molar-refractivity contribution in [3.05, 3.63) is 140 Å². The third-order valence-corrected chi connectivity index (χ3v) is 7.12. The summed E-state index contributed by atoms with van der Waals surface area (Å²) in [6.45, 7) is 0. The van der Waals surface area contributed by atoms with Crippen LogP contribution in [0.25, 0.3) is 0 Å². The summed E-state index contributed by atoms with van der Waals surface area (Å²) in [5.41, 5.74) is 3.50. The summed E-state index contributed by atoms with van der Waals surface area (Å²) in [4.78, 5) is 50.8. The fourth-order valence-corrected chi connectivity index (χ4v) is 4.67. The van der Waals surface area contributed by atoms with E-state index in [4.69, 9.17) is 18.9 Å². The first-order valence-corrected chi connectivity index (χ1v) is 14.2. The van der Waals surface area contributed by atoms with E-state index in [0.717, 1.165) is 0 Å². The summed E-state index contributed by atoms with van der Waals surface area (Å²) < 4.78 is 19.7. The smallest absolute Gasteiger partial charge is 0.338 e. The number of methoxy groups -OCH3 is 4. The maximum absolute atomic E-state index is 12.7. The maximum atomic E-state index is 12.7. The zero-order valence-electron chi connectivity index (χ0n) is 26.2. The molecule has 0 spiro atoms. The Hall–Kier alpha value is -7.00. The lowest BCUT2D eigenvalue weighted by Gasteiger charge is -2.09. The SMILES string of the molecule is COC(=O)c1cc2c(cc1C(=O)OC)C#Cc1ccccc1C#Cc1cc(C(=O)OC)c(C(=O)OC)cc1C#Cc1ccccc1C#C2. The van der Waals surface area contributed by atoms with Crippen LogP contribution in [0.4, 0.5) is 0 Å². The van der Waals surface area contributed by atoms with Crippen LogP contribution in [0.1, 0.15) is 85.9 Å². The van der Waals surface area contributed by atoms with Crippen LogP contribution in [-0.2, 0) is 18.9 Å². The first-order valence-electron chi connectivity index (χ1n) is 14.2. The molecular formula is C40H24O8. The molecule has 0 atom stereocenters. The number of carbonyl (C=O) groups excluding carboxylic acids is 4. The summed E-state index contributed by atoms with van der Waals surface area (Å²) in [5, 5.41) is 0. The minimum Gasteiger partial charge on any atom is -0.465 e. The standard InChI is InChI=1S/C40H24O8/c1-45-37(41)33-21-29-17-13-25-9-5-6-11-27(25)15-19-31-23-35(39(43)47-3)36(40(44)48-4)24-32(31)20-16-28-12-8-7-10-26(28)14-18-30(29)22-34(33)38(42)46-2/h5-12,21-24H,1-4H3. The van der Waals surface area contributed by atoms with E-state index >= 15 is 0 Å². The Bertz CT molecular complexity index is 1960. The highest BCUT2D eigenvalue weighted by Gasteiger charge is 2.22. The molecule has 0 heterocycles. The lowest BCUT2D eigenvalue weighted by molar-refractivity contribution is 0.0555. The van der Waals surface area contributed by atoms with Gasteiger partial charge in [-0.05, 0) is 48.5 Å². The van der Waals surface area contributed by atoms with Crippen molar-refractivity contribution < 1.29 is 38.1 Å². The van der Waals surface area contributed by atoms with Gasteiger partial charge in [0.15, 0.2) is 0 Å². The summed E-state index contributed by atoms with van der Waals surface area (Å²) in [6.07, 6.45) is 0. The molecule has 8 heteroatoms. The first-order chi connectivity index (χ1) is 23.3. The lowest BCUT2D eigenvalue weighted by Crippen LogP contribution is -2.13. The van der Waals surface area contributed by atoms with Gasteiger partial charge >= 0.3 is 23.9 Å². The van der Waals surface area contributed by atoms with E-state index in [1.54, 1.807) is 48.5 Å². The van der Waals surface area contributed by atoms with Crippen LogP contribution in [0.2, 0.25) is 0 Å². The van der Waals surface area contributed by atoms with Gasteiger partial charge < -0.3 is 18.9 Å². The molecule has 0 fully saturated rings. The largest absolute Gasteiger partial charge is 0.465 e. The molecule has 5 rings (SSSR count). The van der Waals surface area contributed by atoms with Crippen molar-refractivity contribution in [2.24, 2.45) is 0 Å². The molecule has 0 aliphatic heterocycles. The van der Waals surface area contributed by atoms with Gasteiger partial charge in [-0.25, -0.2) is 19.2 Å². The number of hydrogen-bond acceptors (Lipinski definition) is 8. The van der Waals surface area contributed by atoms with Gasteiger partial charge in [0, 0.05) is 44.5 Å². The van der Waals surface area contributed by atoms with Crippen LogP contribution in [0, 0.1) is 47.4 Å². The van der Waals surface area contributed by atoms with E-state index < -0.39 is 23.9 Å². The number of fused-ring (bicyclic) bond motifs is 4. The number of carbonyl (C=O) groups is 4. The average Bonchev–Trinajstić information content (AvgIpc) is 3.13. The molecule has 0 saturated heterocycles. The normalized spacial score (nSPS) is 10.4. The molecule has 0 N–H and O–H groups in total. The zero-order chi connectivity index (χ0) is 34.2. The molecule has 0 amide bonds. The third-order valence-electron chi connectivity index (χ3n) is 7.12. The molecule has 48 heavy (non-hydrogen) atoms. The Labute approximate surface area is 277 Å². The predicted molar refractivity (Wildman–Crippen MR) is 175 cm³/mol. The first kappa shape index (κ1) is 32.4. The van der Waals surface area contributed by atoms with Crippen molar-refractivity contribution in [1.82, 2.24) is 0 Å². The summed E-state index contributed by atoms with van der Waals surface area (Å²) in [7, 11) is 4.84. The van der Waals surface area contributed by atoms with Crippen molar-refractivity contribution >= 4 is 23.9 Å². The molecule has 4 aromatic carbocycles. The summed E-state index contributed by atoms with van der Waals surface area (Å²) >= 11 is 0. The highest BCUT2D eigenvalue weighted by Crippen LogP contribution is 2.22.